The lowest BCUT2D eigenvalue weighted by atomic mass is 10.2. The van der Waals surface area contributed by atoms with E-state index in [0.29, 0.717) is 24.8 Å². The molecule has 0 saturated heterocycles. The largest absolute Gasteiger partial charge is 0.478 e. The summed E-state index contributed by atoms with van der Waals surface area (Å²) in [4.78, 5) is 10.6. The fraction of sp³-hybridized carbons (Fsp3) is 0.583. The molecule has 1 aromatic heterocycles. The summed E-state index contributed by atoms with van der Waals surface area (Å²) in [5.74, 6) is 0.185. The highest BCUT2D eigenvalue weighted by Crippen LogP contribution is 2.07. The van der Waals surface area contributed by atoms with Gasteiger partial charge < -0.3 is 19.6 Å². The number of hydrogen-bond donors (Lipinski definition) is 2. The van der Waals surface area contributed by atoms with Crippen molar-refractivity contribution in [3.8, 4) is 0 Å². The Balaban J connectivity index is 2.11. The first-order chi connectivity index (χ1) is 8.09. The summed E-state index contributed by atoms with van der Waals surface area (Å²) < 4.78 is 10.5. The average molecular weight is 241 g/mol. The van der Waals surface area contributed by atoms with E-state index in [0.717, 1.165) is 13.2 Å². The molecule has 0 fully saturated rings. The Kier molecular flexibility index (Phi) is 5.72. The predicted molar refractivity (Wildman–Crippen MR) is 63.0 cm³/mol. The molecule has 0 unspecified atom stereocenters. The second-order valence-electron chi connectivity index (χ2n) is 4.25. The smallest absolute Gasteiger partial charge is 0.338 e. The molecule has 1 rings (SSSR count). The van der Waals surface area contributed by atoms with E-state index in [4.69, 9.17) is 14.3 Å². The third kappa shape index (κ3) is 5.51. The molecule has 2 N–H and O–H groups in total. The molecule has 1 heterocycles. The molecule has 96 valence electrons. The number of furan rings is 1. The predicted octanol–water partition coefficient (Wildman–Crippen LogP) is 1.74. The highest BCUT2D eigenvalue weighted by atomic mass is 16.5. The number of rotatable bonds is 8. The van der Waals surface area contributed by atoms with Crippen LogP contribution in [0.2, 0.25) is 0 Å². The molecule has 0 saturated carbocycles. The van der Waals surface area contributed by atoms with Crippen molar-refractivity contribution in [3.05, 3.63) is 23.7 Å². The molecule has 5 nitrogen and oxygen atoms in total. The van der Waals surface area contributed by atoms with Crippen LogP contribution in [0, 0.1) is 5.92 Å². The van der Waals surface area contributed by atoms with Gasteiger partial charge in [0, 0.05) is 13.2 Å². The maximum absolute atomic E-state index is 10.6. The van der Waals surface area contributed by atoms with Gasteiger partial charge in [-0.15, -0.1) is 0 Å². The molecule has 1 aromatic rings. The van der Waals surface area contributed by atoms with E-state index in [-0.39, 0.29) is 5.56 Å². The standard InChI is InChI=1S/C12H19NO4/c1-9(2)7-16-4-3-13-6-11-5-10(8-17-11)12(14)15/h5,8-9,13H,3-4,6-7H2,1-2H3,(H,14,15). The second kappa shape index (κ2) is 7.09. The van der Waals surface area contributed by atoms with Crippen molar-refractivity contribution >= 4 is 5.97 Å². The number of carbonyl (C=O) groups is 1. The quantitative estimate of drug-likeness (QED) is 0.678. The summed E-state index contributed by atoms with van der Waals surface area (Å²) in [7, 11) is 0. The van der Waals surface area contributed by atoms with Crippen molar-refractivity contribution in [2.24, 2.45) is 5.92 Å². The number of carboxylic acids is 1. The van der Waals surface area contributed by atoms with Crippen molar-refractivity contribution in [1.82, 2.24) is 5.32 Å². The third-order valence-corrected chi connectivity index (χ3v) is 2.07. The summed E-state index contributed by atoms with van der Waals surface area (Å²) in [6, 6.07) is 1.52. The van der Waals surface area contributed by atoms with E-state index >= 15 is 0 Å². The van der Waals surface area contributed by atoms with Crippen LogP contribution in [0.5, 0.6) is 0 Å². The van der Waals surface area contributed by atoms with Crippen molar-refractivity contribution in [1.29, 1.82) is 0 Å². The van der Waals surface area contributed by atoms with Crippen LogP contribution < -0.4 is 5.32 Å². The second-order valence-corrected chi connectivity index (χ2v) is 4.25. The Morgan fingerprint density at radius 2 is 2.35 bits per heavy atom. The summed E-state index contributed by atoms with van der Waals surface area (Å²) >= 11 is 0. The molecule has 0 aliphatic carbocycles. The van der Waals surface area contributed by atoms with Gasteiger partial charge in [0.05, 0.1) is 18.7 Å². The first kappa shape index (κ1) is 13.7. The van der Waals surface area contributed by atoms with Crippen LogP contribution in [0.25, 0.3) is 0 Å². The molecule has 0 bridgehead atoms. The van der Waals surface area contributed by atoms with Gasteiger partial charge in [0.1, 0.15) is 12.0 Å². The molecule has 0 amide bonds. The van der Waals surface area contributed by atoms with Gasteiger partial charge in [-0.25, -0.2) is 4.79 Å². The van der Waals surface area contributed by atoms with Crippen LogP contribution in [0.1, 0.15) is 30.0 Å². The van der Waals surface area contributed by atoms with Gasteiger partial charge in [0.15, 0.2) is 0 Å². The van der Waals surface area contributed by atoms with Crippen molar-refractivity contribution in [3.63, 3.8) is 0 Å². The van der Waals surface area contributed by atoms with Gasteiger partial charge in [-0.1, -0.05) is 13.8 Å². The minimum atomic E-state index is -0.972. The normalized spacial score (nSPS) is 11.0. The molecule has 17 heavy (non-hydrogen) atoms. The topological polar surface area (TPSA) is 71.7 Å². The minimum Gasteiger partial charge on any atom is -0.478 e. The van der Waals surface area contributed by atoms with Gasteiger partial charge in [0.25, 0.3) is 0 Å². The summed E-state index contributed by atoms with van der Waals surface area (Å²) in [6.07, 6.45) is 1.24. The monoisotopic (exact) mass is 241 g/mol. The maximum Gasteiger partial charge on any atom is 0.338 e. The van der Waals surface area contributed by atoms with Crippen molar-refractivity contribution in [2.75, 3.05) is 19.8 Å². The molecule has 0 spiro atoms. The van der Waals surface area contributed by atoms with E-state index in [2.05, 4.69) is 19.2 Å². The molecule has 0 aliphatic rings. The van der Waals surface area contributed by atoms with Crippen LogP contribution in [-0.2, 0) is 11.3 Å². The van der Waals surface area contributed by atoms with Gasteiger partial charge in [0.2, 0.25) is 0 Å². The highest BCUT2D eigenvalue weighted by molar-refractivity contribution is 5.87. The lowest BCUT2D eigenvalue weighted by Crippen LogP contribution is -2.20. The van der Waals surface area contributed by atoms with Crippen LogP contribution in [0.15, 0.2) is 16.7 Å². The van der Waals surface area contributed by atoms with E-state index in [9.17, 15) is 4.79 Å². The Bertz CT molecular complexity index is 346. The lowest BCUT2D eigenvalue weighted by Gasteiger charge is -2.06. The first-order valence-corrected chi connectivity index (χ1v) is 5.68. The Morgan fingerprint density at radius 3 is 2.94 bits per heavy atom. The van der Waals surface area contributed by atoms with Gasteiger partial charge in [-0.3, -0.25) is 0 Å². The molecular formula is C12H19NO4. The fourth-order valence-electron chi connectivity index (χ4n) is 1.26. The number of aromatic carboxylic acids is 1. The molecule has 0 aliphatic heterocycles. The first-order valence-electron chi connectivity index (χ1n) is 5.68. The average Bonchev–Trinajstić information content (AvgIpc) is 2.71. The zero-order chi connectivity index (χ0) is 12.7. The van der Waals surface area contributed by atoms with Crippen LogP contribution in [0.4, 0.5) is 0 Å². The van der Waals surface area contributed by atoms with E-state index < -0.39 is 5.97 Å². The zero-order valence-corrected chi connectivity index (χ0v) is 10.2. The maximum atomic E-state index is 10.6. The van der Waals surface area contributed by atoms with Crippen LogP contribution in [-0.4, -0.2) is 30.8 Å². The molecule has 0 atom stereocenters. The molecule has 0 radical (unpaired) electrons. The Morgan fingerprint density at radius 1 is 1.59 bits per heavy atom. The summed E-state index contributed by atoms with van der Waals surface area (Å²) in [5, 5.41) is 11.8. The van der Waals surface area contributed by atoms with Crippen molar-refractivity contribution < 1.29 is 19.1 Å². The SMILES string of the molecule is CC(C)COCCNCc1cc(C(=O)O)co1. The van der Waals surface area contributed by atoms with Gasteiger partial charge in [-0.2, -0.15) is 0 Å². The van der Waals surface area contributed by atoms with Crippen LogP contribution >= 0.6 is 0 Å². The lowest BCUT2D eigenvalue weighted by molar-refractivity contribution is 0.0696. The Labute approximate surface area is 101 Å². The molecule has 0 aromatic carbocycles. The Hall–Kier alpha value is -1.33. The van der Waals surface area contributed by atoms with E-state index in [1.54, 1.807) is 0 Å². The summed E-state index contributed by atoms with van der Waals surface area (Å²) in [6.45, 7) is 6.83. The van der Waals surface area contributed by atoms with Gasteiger partial charge in [-0.05, 0) is 12.0 Å². The highest BCUT2D eigenvalue weighted by Gasteiger charge is 2.07. The number of hydrogen-bond acceptors (Lipinski definition) is 4. The number of carboxylic acid groups (broad SMARTS) is 1. The third-order valence-electron chi connectivity index (χ3n) is 2.07. The van der Waals surface area contributed by atoms with Crippen molar-refractivity contribution in [2.45, 2.75) is 20.4 Å². The fourth-order valence-corrected chi connectivity index (χ4v) is 1.26. The van der Waals surface area contributed by atoms with Crippen LogP contribution in [0.3, 0.4) is 0 Å². The van der Waals surface area contributed by atoms with E-state index in [1.807, 2.05) is 0 Å². The molecular weight excluding hydrogens is 222 g/mol. The minimum absolute atomic E-state index is 0.179. The molecule has 5 heteroatoms. The van der Waals surface area contributed by atoms with E-state index in [1.165, 1.54) is 12.3 Å². The number of ether oxygens (including phenoxy) is 1. The zero-order valence-electron chi connectivity index (χ0n) is 10.2. The number of nitrogens with one attached hydrogen (secondary N) is 1. The summed E-state index contributed by atoms with van der Waals surface area (Å²) in [5.41, 5.74) is 0.179. The van der Waals surface area contributed by atoms with Gasteiger partial charge >= 0.3 is 5.97 Å².